The Kier molecular flexibility index (Phi) is 4.82. The quantitative estimate of drug-likeness (QED) is 0.760. The van der Waals surface area contributed by atoms with Crippen LogP contribution in [0.2, 0.25) is 0 Å². The molecule has 2 N–H and O–H groups in total. The standard InChI is InChI=1S/C13H24N4O2S/c1-4-8-17(5-2)20(18,19)13-10(3)15-16-12(13)9-14-11-6-7-11/h11,14H,4-9H2,1-3H3,(H,15,16). The van der Waals surface area contributed by atoms with E-state index in [1.165, 1.54) is 17.1 Å². The molecule has 1 aromatic heterocycles. The van der Waals surface area contributed by atoms with Gasteiger partial charge in [-0.25, -0.2) is 8.42 Å². The molecule has 6 nitrogen and oxygen atoms in total. The highest BCUT2D eigenvalue weighted by Gasteiger charge is 2.30. The van der Waals surface area contributed by atoms with Crippen molar-refractivity contribution >= 4 is 10.0 Å². The predicted octanol–water partition coefficient (Wildman–Crippen LogP) is 1.39. The van der Waals surface area contributed by atoms with Gasteiger partial charge in [-0.2, -0.15) is 9.40 Å². The van der Waals surface area contributed by atoms with E-state index in [0.717, 1.165) is 6.42 Å². The highest BCUT2D eigenvalue weighted by Crippen LogP contribution is 2.24. The van der Waals surface area contributed by atoms with E-state index >= 15 is 0 Å². The second-order valence-electron chi connectivity index (χ2n) is 5.28. The average Bonchev–Trinajstić information content (AvgIpc) is 3.15. The summed E-state index contributed by atoms with van der Waals surface area (Å²) in [5.41, 5.74) is 1.22. The smallest absolute Gasteiger partial charge is 0.246 e. The van der Waals surface area contributed by atoms with Crippen LogP contribution < -0.4 is 5.32 Å². The molecule has 114 valence electrons. The van der Waals surface area contributed by atoms with Crippen molar-refractivity contribution in [2.45, 2.75) is 57.5 Å². The molecule has 1 aliphatic carbocycles. The van der Waals surface area contributed by atoms with E-state index in [1.807, 2.05) is 13.8 Å². The third-order valence-corrected chi connectivity index (χ3v) is 5.70. The molecule has 0 aromatic carbocycles. The summed E-state index contributed by atoms with van der Waals surface area (Å²) < 4.78 is 27.0. The highest BCUT2D eigenvalue weighted by atomic mass is 32.2. The summed E-state index contributed by atoms with van der Waals surface area (Å²) in [5.74, 6) is 0. The summed E-state index contributed by atoms with van der Waals surface area (Å²) in [6, 6.07) is 0.528. The molecule has 0 aliphatic heterocycles. The van der Waals surface area contributed by atoms with Gasteiger partial charge in [0.25, 0.3) is 0 Å². The van der Waals surface area contributed by atoms with Crippen LogP contribution in [0.1, 0.15) is 44.5 Å². The van der Waals surface area contributed by atoms with Gasteiger partial charge in [-0.1, -0.05) is 13.8 Å². The van der Waals surface area contributed by atoms with Crippen LogP contribution in [-0.2, 0) is 16.6 Å². The van der Waals surface area contributed by atoms with Crippen LogP contribution in [0.5, 0.6) is 0 Å². The van der Waals surface area contributed by atoms with E-state index in [-0.39, 0.29) is 0 Å². The predicted molar refractivity (Wildman–Crippen MR) is 77.9 cm³/mol. The number of nitrogens with zero attached hydrogens (tertiary/aromatic N) is 2. The van der Waals surface area contributed by atoms with Gasteiger partial charge in [-0.15, -0.1) is 0 Å². The third-order valence-electron chi connectivity index (χ3n) is 3.52. The number of aryl methyl sites for hydroxylation is 1. The molecule has 20 heavy (non-hydrogen) atoms. The topological polar surface area (TPSA) is 78.1 Å². The van der Waals surface area contributed by atoms with Crippen molar-refractivity contribution in [3.63, 3.8) is 0 Å². The number of rotatable bonds is 8. The lowest BCUT2D eigenvalue weighted by atomic mass is 10.3. The van der Waals surface area contributed by atoms with E-state index in [0.29, 0.717) is 42.0 Å². The van der Waals surface area contributed by atoms with Crippen molar-refractivity contribution in [1.82, 2.24) is 19.8 Å². The Hall–Kier alpha value is -0.920. The van der Waals surface area contributed by atoms with Crippen molar-refractivity contribution < 1.29 is 8.42 Å². The highest BCUT2D eigenvalue weighted by molar-refractivity contribution is 7.89. The van der Waals surface area contributed by atoms with Crippen LogP contribution in [0, 0.1) is 6.92 Å². The van der Waals surface area contributed by atoms with Gasteiger partial charge in [0.15, 0.2) is 0 Å². The first-order valence-corrected chi connectivity index (χ1v) is 8.72. The fourth-order valence-corrected chi connectivity index (χ4v) is 4.16. The van der Waals surface area contributed by atoms with Crippen LogP contribution >= 0.6 is 0 Å². The van der Waals surface area contributed by atoms with Crippen LogP contribution in [-0.4, -0.2) is 42.1 Å². The fraction of sp³-hybridized carbons (Fsp3) is 0.769. The number of H-pyrrole nitrogens is 1. The zero-order valence-electron chi connectivity index (χ0n) is 12.4. The summed E-state index contributed by atoms with van der Waals surface area (Å²) in [6.07, 6.45) is 3.14. The lowest BCUT2D eigenvalue weighted by molar-refractivity contribution is 0.426. The molecule has 1 heterocycles. The largest absolute Gasteiger partial charge is 0.308 e. The van der Waals surface area contributed by atoms with Gasteiger partial charge in [0.1, 0.15) is 4.90 Å². The lowest BCUT2D eigenvalue weighted by Gasteiger charge is -2.20. The molecule has 1 aromatic rings. The van der Waals surface area contributed by atoms with E-state index in [9.17, 15) is 8.42 Å². The molecule has 2 rings (SSSR count). The minimum atomic E-state index is -3.46. The Bertz CT molecular complexity index is 549. The van der Waals surface area contributed by atoms with Crippen molar-refractivity contribution in [2.24, 2.45) is 0 Å². The molecule has 0 unspecified atom stereocenters. The zero-order valence-corrected chi connectivity index (χ0v) is 13.3. The maximum atomic E-state index is 12.8. The van der Waals surface area contributed by atoms with Gasteiger partial charge < -0.3 is 5.32 Å². The van der Waals surface area contributed by atoms with Gasteiger partial charge in [0, 0.05) is 25.7 Å². The average molecular weight is 300 g/mol. The van der Waals surface area contributed by atoms with Gasteiger partial charge in [0.2, 0.25) is 10.0 Å². The third kappa shape index (κ3) is 3.21. The van der Waals surface area contributed by atoms with Gasteiger partial charge >= 0.3 is 0 Å². The molecule has 0 saturated heterocycles. The molecule has 1 fully saturated rings. The zero-order chi connectivity index (χ0) is 14.8. The van der Waals surface area contributed by atoms with Gasteiger partial charge in [-0.05, 0) is 26.2 Å². The Labute approximate surface area is 121 Å². The second kappa shape index (κ2) is 6.24. The number of aromatic amines is 1. The summed E-state index contributed by atoms with van der Waals surface area (Å²) >= 11 is 0. The maximum Gasteiger partial charge on any atom is 0.246 e. The van der Waals surface area contributed by atoms with Crippen molar-refractivity contribution in [3.8, 4) is 0 Å². The SMILES string of the molecule is CCCN(CC)S(=O)(=O)c1c(CNC2CC2)n[nH]c1C. The molecule has 0 amide bonds. The Morgan fingerprint density at radius 3 is 2.65 bits per heavy atom. The van der Waals surface area contributed by atoms with Gasteiger partial charge in [0.05, 0.1) is 11.4 Å². The molecule has 0 radical (unpaired) electrons. The first-order chi connectivity index (χ1) is 9.50. The molecule has 0 bridgehead atoms. The van der Waals surface area contributed by atoms with Crippen LogP contribution in [0.15, 0.2) is 4.90 Å². The number of hydrogen-bond acceptors (Lipinski definition) is 4. The van der Waals surface area contributed by atoms with Gasteiger partial charge in [-0.3, -0.25) is 5.10 Å². The Morgan fingerprint density at radius 1 is 1.40 bits per heavy atom. The normalized spacial score (nSPS) is 16.0. The molecule has 7 heteroatoms. The second-order valence-corrected chi connectivity index (χ2v) is 7.15. The van der Waals surface area contributed by atoms with E-state index < -0.39 is 10.0 Å². The summed E-state index contributed by atoms with van der Waals surface area (Å²) in [6.45, 7) is 7.14. The fourth-order valence-electron chi connectivity index (χ4n) is 2.29. The van der Waals surface area contributed by atoms with E-state index in [1.54, 1.807) is 6.92 Å². The Balaban J connectivity index is 2.26. The summed E-state index contributed by atoms with van der Waals surface area (Å²) in [5, 5.41) is 10.3. The number of hydrogen-bond donors (Lipinski definition) is 2. The molecule has 0 spiro atoms. The first-order valence-electron chi connectivity index (χ1n) is 7.28. The number of sulfonamides is 1. The van der Waals surface area contributed by atoms with Crippen LogP contribution in [0.25, 0.3) is 0 Å². The molecular formula is C13H24N4O2S. The van der Waals surface area contributed by atoms with Crippen molar-refractivity contribution in [3.05, 3.63) is 11.4 Å². The minimum Gasteiger partial charge on any atom is -0.308 e. The first kappa shape index (κ1) is 15.5. The van der Waals surface area contributed by atoms with E-state index in [2.05, 4.69) is 15.5 Å². The molecule has 1 saturated carbocycles. The number of nitrogens with one attached hydrogen (secondary N) is 2. The molecule has 0 atom stereocenters. The summed E-state index contributed by atoms with van der Waals surface area (Å²) in [4.78, 5) is 0.348. The summed E-state index contributed by atoms with van der Waals surface area (Å²) in [7, 11) is -3.46. The van der Waals surface area contributed by atoms with Crippen molar-refractivity contribution in [1.29, 1.82) is 0 Å². The maximum absolute atomic E-state index is 12.8. The van der Waals surface area contributed by atoms with E-state index in [4.69, 9.17) is 0 Å². The monoisotopic (exact) mass is 300 g/mol. The minimum absolute atomic E-state index is 0.348. The number of aromatic nitrogens is 2. The Morgan fingerprint density at radius 2 is 2.10 bits per heavy atom. The molecule has 1 aliphatic rings. The molecular weight excluding hydrogens is 276 g/mol. The van der Waals surface area contributed by atoms with Crippen LogP contribution in [0.3, 0.4) is 0 Å². The van der Waals surface area contributed by atoms with Crippen LogP contribution in [0.4, 0.5) is 0 Å². The lowest BCUT2D eigenvalue weighted by Crippen LogP contribution is -2.33. The van der Waals surface area contributed by atoms with Crippen molar-refractivity contribution in [2.75, 3.05) is 13.1 Å².